The number of carbonyl (C=O) groups excluding carboxylic acids is 1. The van der Waals surface area contributed by atoms with E-state index in [1.807, 2.05) is 19.2 Å². The maximum Gasteiger partial charge on any atom is 0.339 e. The van der Waals surface area contributed by atoms with E-state index in [1.165, 1.54) is 20.0 Å². The van der Waals surface area contributed by atoms with E-state index in [-0.39, 0.29) is 5.97 Å². The molecule has 86 valence electrons. The zero-order valence-corrected chi connectivity index (χ0v) is 9.77. The molecule has 0 amide bonds. The largest absolute Gasteiger partial charge is 0.465 e. The number of hydrogen-bond acceptors (Lipinski definition) is 2. The summed E-state index contributed by atoms with van der Waals surface area (Å²) in [7, 11) is 1.41. The maximum absolute atomic E-state index is 11.4. The summed E-state index contributed by atoms with van der Waals surface area (Å²) in [6, 6.07) is 2.28. The van der Waals surface area contributed by atoms with Gasteiger partial charge in [0.15, 0.2) is 0 Å². The van der Waals surface area contributed by atoms with Crippen molar-refractivity contribution in [3.8, 4) is 0 Å². The van der Waals surface area contributed by atoms with Crippen LogP contribution in [0.3, 0.4) is 0 Å². The number of ether oxygens (including phenoxy) is 1. The molecule has 16 heavy (non-hydrogen) atoms. The van der Waals surface area contributed by atoms with Crippen LogP contribution >= 0.6 is 0 Å². The Balaban J connectivity index is 2.27. The number of allylic oxidation sites excluding steroid dienone is 2. The van der Waals surface area contributed by atoms with Crippen LogP contribution in [0.5, 0.6) is 0 Å². The number of esters is 1. The minimum Gasteiger partial charge on any atom is -0.465 e. The second kappa shape index (κ2) is 4.56. The Bertz CT molecular complexity index is 418. The zero-order chi connectivity index (χ0) is 11.5. The number of aryl methyl sites for hydroxylation is 1. The van der Waals surface area contributed by atoms with Crippen LogP contribution in [0.2, 0.25) is 0 Å². The van der Waals surface area contributed by atoms with Crippen molar-refractivity contribution >= 4 is 5.97 Å². The first-order valence-corrected chi connectivity index (χ1v) is 5.66. The first-order chi connectivity index (χ1) is 7.72. The molecule has 0 saturated carbocycles. The molecular formula is C13H17NO2. The van der Waals surface area contributed by atoms with E-state index in [1.54, 1.807) is 0 Å². The monoisotopic (exact) mass is 219 g/mol. The predicted octanol–water partition coefficient (Wildman–Crippen LogP) is 2.86. The Kier molecular flexibility index (Phi) is 3.13. The lowest BCUT2D eigenvalue weighted by Gasteiger charge is -2.19. The molecule has 0 fully saturated rings. The van der Waals surface area contributed by atoms with Gasteiger partial charge in [0, 0.05) is 11.9 Å². The number of hydrogen-bond donors (Lipinski definition) is 0. The van der Waals surface area contributed by atoms with Crippen molar-refractivity contribution in [2.75, 3.05) is 7.11 Å². The molecule has 3 nitrogen and oxygen atoms in total. The second-order valence-electron chi connectivity index (χ2n) is 4.20. The SMILES string of the molecule is COC(=O)c1cc(C)n(C2C=CCCC2)c1. The number of nitrogens with zero attached hydrogens (tertiary/aromatic N) is 1. The number of methoxy groups -OCH3 is 1. The Labute approximate surface area is 95.7 Å². The van der Waals surface area contributed by atoms with Gasteiger partial charge in [-0.2, -0.15) is 0 Å². The molecule has 1 aliphatic rings. The van der Waals surface area contributed by atoms with E-state index in [0.717, 1.165) is 12.1 Å². The summed E-state index contributed by atoms with van der Waals surface area (Å²) in [5.74, 6) is -0.262. The zero-order valence-electron chi connectivity index (χ0n) is 9.77. The molecular weight excluding hydrogens is 202 g/mol. The average Bonchev–Trinajstić information content (AvgIpc) is 2.71. The van der Waals surface area contributed by atoms with Crippen molar-refractivity contribution in [1.82, 2.24) is 4.57 Å². The van der Waals surface area contributed by atoms with Gasteiger partial charge in [0.05, 0.1) is 18.7 Å². The summed E-state index contributed by atoms with van der Waals surface area (Å²) in [5, 5.41) is 0. The Hall–Kier alpha value is -1.51. The average molecular weight is 219 g/mol. The minimum absolute atomic E-state index is 0.262. The molecule has 0 saturated heterocycles. The molecule has 1 aromatic rings. The van der Waals surface area contributed by atoms with E-state index in [9.17, 15) is 4.79 Å². The summed E-state index contributed by atoms with van der Waals surface area (Å²) in [4.78, 5) is 11.4. The molecule has 1 unspecified atom stereocenters. The summed E-state index contributed by atoms with van der Waals surface area (Å²) >= 11 is 0. The molecule has 0 aliphatic heterocycles. The molecule has 0 aromatic carbocycles. The Morgan fingerprint density at radius 3 is 3.00 bits per heavy atom. The third kappa shape index (κ3) is 2.03. The topological polar surface area (TPSA) is 31.2 Å². The van der Waals surface area contributed by atoms with Gasteiger partial charge in [-0.15, -0.1) is 0 Å². The third-order valence-corrected chi connectivity index (χ3v) is 3.06. The predicted molar refractivity (Wildman–Crippen MR) is 62.5 cm³/mol. The van der Waals surface area contributed by atoms with Gasteiger partial charge in [-0.1, -0.05) is 12.2 Å². The minimum atomic E-state index is -0.262. The second-order valence-corrected chi connectivity index (χ2v) is 4.20. The lowest BCUT2D eigenvalue weighted by Crippen LogP contribution is -2.09. The molecule has 1 aliphatic carbocycles. The van der Waals surface area contributed by atoms with Crippen molar-refractivity contribution in [1.29, 1.82) is 0 Å². The van der Waals surface area contributed by atoms with Crippen molar-refractivity contribution in [2.45, 2.75) is 32.2 Å². The molecule has 1 atom stereocenters. The summed E-state index contributed by atoms with van der Waals surface area (Å²) in [6.45, 7) is 2.02. The van der Waals surface area contributed by atoms with Gasteiger partial charge in [0.1, 0.15) is 0 Å². The van der Waals surface area contributed by atoms with Gasteiger partial charge in [-0.3, -0.25) is 0 Å². The standard InChI is InChI=1S/C13H17NO2/c1-10-8-11(13(15)16-2)9-14(10)12-6-4-3-5-7-12/h4,6,8-9,12H,3,5,7H2,1-2H3. The fourth-order valence-corrected chi connectivity index (χ4v) is 2.20. The highest BCUT2D eigenvalue weighted by Crippen LogP contribution is 2.25. The molecule has 0 N–H and O–H groups in total. The normalized spacial score (nSPS) is 19.8. The van der Waals surface area contributed by atoms with Gasteiger partial charge < -0.3 is 9.30 Å². The number of carbonyl (C=O) groups is 1. The van der Waals surface area contributed by atoms with Crippen LogP contribution in [0.4, 0.5) is 0 Å². The van der Waals surface area contributed by atoms with Crippen LogP contribution in [0.1, 0.15) is 41.4 Å². The first kappa shape index (κ1) is 11.0. The molecule has 0 spiro atoms. The quantitative estimate of drug-likeness (QED) is 0.565. The summed E-state index contributed by atoms with van der Waals surface area (Å²) < 4.78 is 6.88. The smallest absolute Gasteiger partial charge is 0.339 e. The van der Waals surface area contributed by atoms with Crippen molar-refractivity contribution in [3.05, 3.63) is 35.7 Å². The number of aromatic nitrogens is 1. The van der Waals surface area contributed by atoms with Crippen LogP contribution in [-0.4, -0.2) is 17.6 Å². The van der Waals surface area contributed by atoms with E-state index in [4.69, 9.17) is 4.74 Å². The molecule has 1 aromatic heterocycles. The highest BCUT2D eigenvalue weighted by Gasteiger charge is 2.16. The number of rotatable bonds is 2. The molecule has 0 bridgehead atoms. The van der Waals surface area contributed by atoms with Crippen LogP contribution in [-0.2, 0) is 4.74 Å². The van der Waals surface area contributed by atoms with E-state index < -0.39 is 0 Å². The lowest BCUT2D eigenvalue weighted by atomic mass is 10.0. The molecule has 1 heterocycles. The lowest BCUT2D eigenvalue weighted by molar-refractivity contribution is 0.0600. The first-order valence-electron chi connectivity index (χ1n) is 5.66. The molecule has 2 rings (SSSR count). The van der Waals surface area contributed by atoms with Gasteiger partial charge in [-0.05, 0) is 32.3 Å². The van der Waals surface area contributed by atoms with Crippen LogP contribution in [0.15, 0.2) is 24.4 Å². The summed E-state index contributed by atoms with van der Waals surface area (Å²) in [5.41, 5.74) is 1.75. The summed E-state index contributed by atoms with van der Waals surface area (Å²) in [6.07, 6.45) is 9.85. The van der Waals surface area contributed by atoms with Gasteiger partial charge in [0.25, 0.3) is 0 Å². The van der Waals surface area contributed by atoms with E-state index in [0.29, 0.717) is 11.6 Å². The highest BCUT2D eigenvalue weighted by molar-refractivity contribution is 5.89. The molecule has 0 radical (unpaired) electrons. The van der Waals surface area contributed by atoms with Gasteiger partial charge in [-0.25, -0.2) is 4.79 Å². The van der Waals surface area contributed by atoms with Crippen molar-refractivity contribution in [3.63, 3.8) is 0 Å². The van der Waals surface area contributed by atoms with E-state index in [2.05, 4.69) is 16.7 Å². The van der Waals surface area contributed by atoms with Gasteiger partial charge >= 0.3 is 5.97 Å². The van der Waals surface area contributed by atoms with E-state index >= 15 is 0 Å². The van der Waals surface area contributed by atoms with Crippen molar-refractivity contribution < 1.29 is 9.53 Å². The van der Waals surface area contributed by atoms with Gasteiger partial charge in [0.2, 0.25) is 0 Å². The maximum atomic E-state index is 11.4. The highest BCUT2D eigenvalue weighted by atomic mass is 16.5. The van der Waals surface area contributed by atoms with Crippen molar-refractivity contribution in [2.24, 2.45) is 0 Å². The van der Waals surface area contributed by atoms with Crippen LogP contribution < -0.4 is 0 Å². The molecule has 3 heteroatoms. The third-order valence-electron chi connectivity index (χ3n) is 3.06. The van der Waals surface area contributed by atoms with Crippen LogP contribution in [0, 0.1) is 6.92 Å². The van der Waals surface area contributed by atoms with Crippen LogP contribution in [0.25, 0.3) is 0 Å². The Morgan fingerprint density at radius 2 is 2.38 bits per heavy atom. The Morgan fingerprint density at radius 1 is 1.56 bits per heavy atom. The fourth-order valence-electron chi connectivity index (χ4n) is 2.20. The fraction of sp³-hybridized carbons (Fsp3) is 0.462.